The first-order valence-electron chi connectivity index (χ1n) is 7.83. The molecule has 0 saturated carbocycles. The van der Waals surface area contributed by atoms with E-state index in [-0.39, 0.29) is 5.91 Å². The number of rotatable bonds is 2. The van der Waals surface area contributed by atoms with E-state index in [0.717, 1.165) is 16.5 Å². The van der Waals surface area contributed by atoms with Gasteiger partial charge in [0.2, 0.25) is 0 Å². The molecule has 0 radical (unpaired) electrons. The third-order valence-electron chi connectivity index (χ3n) is 4.11. The maximum atomic E-state index is 12.7. The highest BCUT2D eigenvalue weighted by Crippen LogP contribution is 2.37. The fourth-order valence-corrected chi connectivity index (χ4v) is 2.90. The Hall–Kier alpha value is -2.95. The van der Waals surface area contributed by atoms with Gasteiger partial charge in [-0.3, -0.25) is 4.79 Å². The number of amides is 1. The molecule has 0 atom stereocenters. The lowest BCUT2D eigenvalue weighted by Crippen LogP contribution is -2.18. The second-order valence-corrected chi connectivity index (χ2v) is 5.84. The number of furan rings is 1. The molecular formula is C19H17NO4. The van der Waals surface area contributed by atoms with E-state index in [0.29, 0.717) is 41.7 Å². The number of ether oxygens (including phenoxy) is 2. The van der Waals surface area contributed by atoms with E-state index in [2.05, 4.69) is 5.32 Å². The van der Waals surface area contributed by atoms with Crippen molar-refractivity contribution in [2.45, 2.75) is 13.8 Å². The van der Waals surface area contributed by atoms with E-state index in [1.165, 1.54) is 0 Å². The van der Waals surface area contributed by atoms with E-state index < -0.39 is 0 Å². The van der Waals surface area contributed by atoms with Gasteiger partial charge in [0, 0.05) is 10.9 Å². The Morgan fingerprint density at radius 3 is 2.79 bits per heavy atom. The predicted octanol–water partition coefficient (Wildman–Crippen LogP) is 4.07. The summed E-state index contributed by atoms with van der Waals surface area (Å²) in [5.41, 5.74) is 3.20. The minimum Gasteiger partial charge on any atom is -0.486 e. The highest BCUT2D eigenvalue weighted by atomic mass is 16.6. The van der Waals surface area contributed by atoms with Crippen LogP contribution in [0.5, 0.6) is 11.5 Å². The number of carbonyl (C=O) groups is 1. The van der Waals surface area contributed by atoms with Crippen molar-refractivity contribution in [3.8, 4) is 11.5 Å². The van der Waals surface area contributed by atoms with Gasteiger partial charge in [0.25, 0.3) is 5.91 Å². The maximum absolute atomic E-state index is 12.7. The molecule has 0 fully saturated rings. The maximum Gasteiger partial charge on any atom is 0.291 e. The zero-order valence-corrected chi connectivity index (χ0v) is 13.5. The zero-order valence-electron chi connectivity index (χ0n) is 13.5. The Morgan fingerprint density at radius 1 is 1.08 bits per heavy atom. The van der Waals surface area contributed by atoms with E-state index in [1.807, 2.05) is 44.2 Å². The first kappa shape index (κ1) is 14.6. The van der Waals surface area contributed by atoms with Crippen LogP contribution in [0.3, 0.4) is 0 Å². The average Bonchev–Trinajstić information content (AvgIpc) is 2.91. The molecule has 2 heterocycles. The van der Waals surface area contributed by atoms with Gasteiger partial charge >= 0.3 is 0 Å². The number of aryl methyl sites for hydroxylation is 2. The monoisotopic (exact) mass is 323 g/mol. The topological polar surface area (TPSA) is 60.7 Å². The summed E-state index contributed by atoms with van der Waals surface area (Å²) in [6.07, 6.45) is 0. The minimum atomic E-state index is -0.302. The van der Waals surface area contributed by atoms with E-state index in [1.54, 1.807) is 6.07 Å². The van der Waals surface area contributed by atoms with Crippen LogP contribution in [0.15, 0.2) is 40.8 Å². The lowest BCUT2D eigenvalue weighted by Gasteiger charge is -2.20. The van der Waals surface area contributed by atoms with Crippen LogP contribution in [0.2, 0.25) is 0 Å². The number of benzene rings is 2. The summed E-state index contributed by atoms with van der Waals surface area (Å²) in [5, 5.41) is 3.81. The summed E-state index contributed by atoms with van der Waals surface area (Å²) in [6, 6.07) is 11.3. The molecule has 1 aliphatic heterocycles. The summed E-state index contributed by atoms with van der Waals surface area (Å²) < 4.78 is 16.9. The number of para-hydroxylation sites is 1. The van der Waals surface area contributed by atoms with Crippen LogP contribution < -0.4 is 14.8 Å². The molecule has 0 aliphatic carbocycles. The summed E-state index contributed by atoms with van der Waals surface area (Å²) in [5.74, 6) is 1.20. The Balaban J connectivity index is 1.69. The van der Waals surface area contributed by atoms with Crippen molar-refractivity contribution in [1.82, 2.24) is 0 Å². The fraction of sp³-hybridized carbons (Fsp3) is 0.211. The lowest BCUT2D eigenvalue weighted by molar-refractivity contribution is 0.0996. The van der Waals surface area contributed by atoms with Crippen LogP contribution in [-0.4, -0.2) is 19.1 Å². The van der Waals surface area contributed by atoms with E-state index in [9.17, 15) is 4.79 Å². The Bertz CT molecular complexity index is 942. The van der Waals surface area contributed by atoms with Crippen molar-refractivity contribution in [3.63, 3.8) is 0 Å². The average molecular weight is 323 g/mol. The first-order valence-corrected chi connectivity index (χ1v) is 7.83. The predicted molar refractivity (Wildman–Crippen MR) is 91.1 cm³/mol. The number of hydrogen-bond acceptors (Lipinski definition) is 4. The molecule has 1 aliphatic rings. The Labute approximate surface area is 139 Å². The molecule has 5 heteroatoms. The number of carbonyl (C=O) groups excluding carboxylic acids is 1. The van der Waals surface area contributed by atoms with Crippen LogP contribution in [0.25, 0.3) is 11.0 Å². The number of hydrogen-bond donors (Lipinski definition) is 1. The standard InChI is InChI=1S/C19H17NO4/c1-11-6-7-13-12(2)17(24-16(13)10-11)19(21)20-14-4-3-5-15-18(14)23-9-8-22-15/h3-7,10H,8-9H2,1-2H3,(H,20,21). The second-order valence-electron chi connectivity index (χ2n) is 5.84. The van der Waals surface area contributed by atoms with Crippen molar-refractivity contribution in [2.24, 2.45) is 0 Å². The first-order chi connectivity index (χ1) is 11.6. The zero-order chi connectivity index (χ0) is 16.7. The molecule has 122 valence electrons. The minimum absolute atomic E-state index is 0.302. The Morgan fingerprint density at radius 2 is 1.92 bits per heavy atom. The summed E-state index contributed by atoms with van der Waals surface area (Å²) in [7, 11) is 0. The molecule has 0 spiro atoms. The Kier molecular flexibility index (Phi) is 3.41. The highest BCUT2D eigenvalue weighted by molar-refractivity contribution is 6.07. The molecule has 5 nitrogen and oxygen atoms in total. The molecule has 0 unspecified atom stereocenters. The van der Waals surface area contributed by atoms with Gasteiger partial charge in [-0.25, -0.2) is 0 Å². The van der Waals surface area contributed by atoms with Crippen molar-refractivity contribution < 1.29 is 18.7 Å². The van der Waals surface area contributed by atoms with Crippen LogP contribution in [0.1, 0.15) is 21.7 Å². The molecule has 1 N–H and O–H groups in total. The molecule has 0 bridgehead atoms. The molecular weight excluding hydrogens is 306 g/mol. The molecule has 1 amide bonds. The van der Waals surface area contributed by atoms with Gasteiger partial charge in [0.1, 0.15) is 18.8 Å². The molecule has 3 aromatic rings. The second kappa shape index (κ2) is 5.60. The third-order valence-corrected chi connectivity index (χ3v) is 4.11. The van der Waals surface area contributed by atoms with Crippen LogP contribution in [0.4, 0.5) is 5.69 Å². The fourth-order valence-electron chi connectivity index (χ4n) is 2.90. The molecule has 4 rings (SSSR count). The quantitative estimate of drug-likeness (QED) is 0.772. The van der Waals surface area contributed by atoms with Gasteiger partial charge in [-0.15, -0.1) is 0 Å². The van der Waals surface area contributed by atoms with Gasteiger partial charge in [-0.1, -0.05) is 18.2 Å². The number of anilines is 1. The van der Waals surface area contributed by atoms with Crippen molar-refractivity contribution in [2.75, 3.05) is 18.5 Å². The van der Waals surface area contributed by atoms with E-state index >= 15 is 0 Å². The van der Waals surface area contributed by atoms with Crippen molar-refractivity contribution in [3.05, 3.63) is 53.3 Å². The van der Waals surface area contributed by atoms with Gasteiger partial charge in [0.15, 0.2) is 17.3 Å². The van der Waals surface area contributed by atoms with Crippen molar-refractivity contribution in [1.29, 1.82) is 0 Å². The van der Waals surface area contributed by atoms with Crippen LogP contribution in [0, 0.1) is 13.8 Å². The molecule has 0 saturated heterocycles. The lowest BCUT2D eigenvalue weighted by atomic mass is 10.1. The van der Waals surface area contributed by atoms with Gasteiger partial charge in [-0.2, -0.15) is 0 Å². The SMILES string of the molecule is Cc1ccc2c(C)c(C(=O)Nc3cccc4c3OCCO4)oc2c1. The largest absolute Gasteiger partial charge is 0.486 e. The van der Waals surface area contributed by atoms with Crippen LogP contribution >= 0.6 is 0 Å². The molecule has 24 heavy (non-hydrogen) atoms. The van der Waals surface area contributed by atoms with Gasteiger partial charge in [0.05, 0.1) is 5.69 Å². The van der Waals surface area contributed by atoms with Gasteiger partial charge < -0.3 is 19.2 Å². The van der Waals surface area contributed by atoms with Crippen LogP contribution in [-0.2, 0) is 0 Å². The summed E-state index contributed by atoms with van der Waals surface area (Å²) in [6.45, 7) is 4.84. The van der Waals surface area contributed by atoms with Gasteiger partial charge in [-0.05, 0) is 37.6 Å². The third kappa shape index (κ3) is 2.38. The number of nitrogens with one attached hydrogen (secondary N) is 1. The molecule has 1 aromatic heterocycles. The van der Waals surface area contributed by atoms with E-state index in [4.69, 9.17) is 13.9 Å². The molecule has 2 aromatic carbocycles. The summed E-state index contributed by atoms with van der Waals surface area (Å²) in [4.78, 5) is 12.7. The number of fused-ring (bicyclic) bond motifs is 2. The smallest absolute Gasteiger partial charge is 0.291 e. The van der Waals surface area contributed by atoms with Crippen molar-refractivity contribution >= 4 is 22.6 Å². The normalized spacial score (nSPS) is 13.1. The highest BCUT2D eigenvalue weighted by Gasteiger charge is 2.21. The summed E-state index contributed by atoms with van der Waals surface area (Å²) >= 11 is 0.